The van der Waals surface area contributed by atoms with Crippen LogP contribution in [0.2, 0.25) is 0 Å². The van der Waals surface area contributed by atoms with Gasteiger partial charge in [-0.2, -0.15) is 0 Å². The largest absolute Gasteiger partial charge is 0.135 e. The van der Waals surface area contributed by atoms with Crippen molar-refractivity contribution in [1.82, 2.24) is 15.4 Å². The number of fused-ring (bicyclic) bond motifs is 1. The molecule has 0 atom stereocenters. The number of rotatable bonds is 0. The smallest absolute Gasteiger partial charge is 0.0966 e. The Labute approximate surface area is 64.1 Å². The van der Waals surface area contributed by atoms with Crippen molar-refractivity contribution in [2.24, 2.45) is 0 Å². The molecule has 3 nitrogen and oxygen atoms in total. The Morgan fingerprint density at radius 2 is 1.91 bits per heavy atom. The summed E-state index contributed by atoms with van der Waals surface area (Å²) in [5, 5.41) is 12.4. The first-order valence-electron chi connectivity index (χ1n) is 3.42. The van der Waals surface area contributed by atoms with Gasteiger partial charge in [-0.1, -0.05) is 18.2 Å². The van der Waals surface area contributed by atoms with Crippen LogP contribution < -0.4 is 0 Å². The fraction of sp³-hybridized carbons (Fsp3) is 0.125. The van der Waals surface area contributed by atoms with E-state index in [1.807, 2.05) is 31.2 Å². The van der Waals surface area contributed by atoms with E-state index in [0.717, 1.165) is 16.6 Å². The Bertz CT molecular complexity index is 378. The molecular formula is C8H7N3. The highest BCUT2D eigenvalue weighted by atomic mass is 15.3. The second-order valence-corrected chi connectivity index (χ2v) is 2.39. The zero-order valence-corrected chi connectivity index (χ0v) is 6.15. The van der Waals surface area contributed by atoms with Gasteiger partial charge in [0.2, 0.25) is 0 Å². The molecule has 0 fully saturated rings. The molecule has 0 amide bonds. The lowest BCUT2D eigenvalue weighted by Gasteiger charge is -1.95. The Morgan fingerprint density at radius 3 is 2.73 bits per heavy atom. The standard InChI is InChI=1S/C8H7N3/c1-6-7-4-2-3-5-8(7)10-11-9-6/h2-5H,1H3. The maximum Gasteiger partial charge on any atom is 0.0966 e. The van der Waals surface area contributed by atoms with Crippen molar-refractivity contribution in [3.63, 3.8) is 0 Å². The molecule has 0 aliphatic rings. The fourth-order valence-corrected chi connectivity index (χ4v) is 1.06. The van der Waals surface area contributed by atoms with Gasteiger partial charge >= 0.3 is 0 Å². The van der Waals surface area contributed by atoms with Crippen LogP contribution in [0, 0.1) is 6.92 Å². The second kappa shape index (κ2) is 2.27. The van der Waals surface area contributed by atoms with Gasteiger partial charge in [0.05, 0.1) is 11.2 Å². The van der Waals surface area contributed by atoms with Gasteiger partial charge in [-0.05, 0) is 18.2 Å². The average molecular weight is 145 g/mol. The third-order valence-corrected chi connectivity index (χ3v) is 1.64. The highest BCUT2D eigenvalue weighted by molar-refractivity contribution is 5.79. The van der Waals surface area contributed by atoms with Gasteiger partial charge in [-0.15, -0.1) is 10.2 Å². The molecule has 3 heteroatoms. The van der Waals surface area contributed by atoms with Crippen molar-refractivity contribution >= 4 is 10.9 Å². The zero-order chi connectivity index (χ0) is 7.68. The number of hydrogen-bond donors (Lipinski definition) is 0. The van der Waals surface area contributed by atoms with Gasteiger partial charge in [0.25, 0.3) is 0 Å². The molecule has 0 spiro atoms. The summed E-state index contributed by atoms with van der Waals surface area (Å²) in [7, 11) is 0. The first-order valence-corrected chi connectivity index (χ1v) is 3.42. The van der Waals surface area contributed by atoms with E-state index in [-0.39, 0.29) is 0 Å². The van der Waals surface area contributed by atoms with Crippen LogP contribution in [-0.4, -0.2) is 15.4 Å². The fourth-order valence-electron chi connectivity index (χ4n) is 1.06. The second-order valence-electron chi connectivity index (χ2n) is 2.39. The predicted molar refractivity (Wildman–Crippen MR) is 42.1 cm³/mol. The summed E-state index contributed by atoms with van der Waals surface area (Å²) in [5.74, 6) is 0. The summed E-state index contributed by atoms with van der Waals surface area (Å²) in [5.41, 5.74) is 1.83. The van der Waals surface area contributed by atoms with E-state index in [0.29, 0.717) is 0 Å². The molecule has 1 aromatic heterocycles. The van der Waals surface area contributed by atoms with Crippen LogP contribution >= 0.6 is 0 Å². The minimum absolute atomic E-state index is 0.903. The Hall–Kier alpha value is -1.51. The van der Waals surface area contributed by atoms with E-state index in [1.165, 1.54) is 0 Å². The van der Waals surface area contributed by atoms with E-state index >= 15 is 0 Å². The van der Waals surface area contributed by atoms with Crippen molar-refractivity contribution in [3.05, 3.63) is 30.0 Å². The lowest BCUT2D eigenvalue weighted by atomic mass is 10.2. The van der Waals surface area contributed by atoms with Crippen LogP contribution in [0.3, 0.4) is 0 Å². The Morgan fingerprint density at radius 1 is 1.09 bits per heavy atom. The molecular weight excluding hydrogens is 138 g/mol. The zero-order valence-electron chi connectivity index (χ0n) is 6.15. The maximum atomic E-state index is 3.88. The summed E-state index contributed by atoms with van der Waals surface area (Å²) in [6.07, 6.45) is 0. The van der Waals surface area contributed by atoms with Gasteiger partial charge in [-0.3, -0.25) is 0 Å². The van der Waals surface area contributed by atoms with Crippen LogP contribution in [0.15, 0.2) is 24.3 Å². The summed E-state index contributed by atoms with van der Waals surface area (Å²) in [4.78, 5) is 0. The molecule has 2 aromatic rings. The molecule has 1 aromatic carbocycles. The molecule has 0 aliphatic heterocycles. The van der Waals surface area contributed by atoms with Crippen molar-refractivity contribution in [1.29, 1.82) is 0 Å². The van der Waals surface area contributed by atoms with Gasteiger partial charge < -0.3 is 0 Å². The lowest BCUT2D eigenvalue weighted by molar-refractivity contribution is 0.870. The van der Waals surface area contributed by atoms with E-state index in [1.54, 1.807) is 0 Å². The normalized spacial score (nSPS) is 10.3. The minimum atomic E-state index is 0.903. The van der Waals surface area contributed by atoms with Crippen molar-refractivity contribution in [3.8, 4) is 0 Å². The van der Waals surface area contributed by atoms with Crippen LogP contribution in [0.1, 0.15) is 5.69 Å². The summed E-state index contributed by atoms with van der Waals surface area (Å²) in [6, 6.07) is 7.83. The number of hydrogen-bond acceptors (Lipinski definition) is 3. The van der Waals surface area contributed by atoms with Crippen LogP contribution in [0.25, 0.3) is 10.9 Å². The maximum absolute atomic E-state index is 3.88. The van der Waals surface area contributed by atoms with Crippen LogP contribution in [0.5, 0.6) is 0 Å². The number of aromatic nitrogens is 3. The van der Waals surface area contributed by atoms with Crippen molar-refractivity contribution in [2.75, 3.05) is 0 Å². The van der Waals surface area contributed by atoms with Crippen LogP contribution in [-0.2, 0) is 0 Å². The van der Waals surface area contributed by atoms with E-state index < -0.39 is 0 Å². The predicted octanol–water partition coefficient (Wildman–Crippen LogP) is 1.33. The quantitative estimate of drug-likeness (QED) is 0.561. The van der Waals surface area contributed by atoms with E-state index in [2.05, 4.69) is 15.4 Å². The van der Waals surface area contributed by atoms with Crippen molar-refractivity contribution < 1.29 is 0 Å². The molecule has 1 heterocycles. The molecule has 0 bridgehead atoms. The first kappa shape index (κ1) is 6.22. The molecule has 0 N–H and O–H groups in total. The van der Waals surface area contributed by atoms with Gasteiger partial charge in [0.1, 0.15) is 0 Å². The third kappa shape index (κ3) is 0.941. The minimum Gasteiger partial charge on any atom is -0.135 e. The summed E-state index contributed by atoms with van der Waals surface area (Å²) in [6.45, 7) is 1.93. The first-order chi connectivity index (χ1) is 5.38. The summed E-state index contributed by atoms with van der Waals surface area (Å²) >= 11 is 0. The van der Waals surface area contributed by atoms with Gasteiger partial charge in [-0.25, -0.2) is 0 Å². The van der Waals surface area contributed by atoms with Crippen LogP contribution in [0.4, 0.5) is 0 Å². The molecule has 0 radical (unpaired) electrons. The monoisotopic (exact) mass is 145 g/mol. The highest BCUT2D eigenvalue weighted by Gasteiger charge is 1.96. The molecule has 0 aliphatic carbocycles. The molecule has 0 saturated carbocycles. The number of aryl methyl sites for hydroxylation is 1. The summed E-state index contributed by atoms with van der Waals surface area (Å²) < 4.78 is 0. The van der Waals surface area contributed by atoms with Gasteiger partial charge in [0, 0.05) is 5.39 Å². The molecule has 0 saturated heterocycles. The Kier molecular flexibility index (Phi) is 1.28. The third-order valence-electron chi connectivity index (χ3n) is 1.64. The molecule has 54 valence electrons. The molecule has 2 rings (SSSR count). The SMILES string of the molecule is Cc1nnnc2ccccc12. The highest BCUT2D eigenvalue weighted by Crippen LogP contribution is 2.10. The number of nitrogens with zero attached hydrogens (tertiary/aromatic N) is 3. The molecule has 11 heavy (non-hydrogen) atoms. The average Bonchev–Trinajstić information content (AvgIpc) is 2.06. The lowest BCUT2D eigenvalue weighted by Crippen LogP contribution is -1.91. The van der Waals surface area contributed by atoms with Gasteiger partial charge in [0.15, 0.2) is 0 Å². The number of benzene rings is 1. The van der Waals surface area contributed by atoms with E-state index in [9.17, 15) is 0 Å². The Balaban J connectivity index is 2.91. The molecule has 0 unspecified atom stereocenters. The van der Waals surface area contributed by atoms with Crippen molar-refractivity contribution in [2.45, 2.75) is 6.92 Å². The topological polar surface area (TPSA) is 38.7 Å². The van der Waals surface area contributed by atoms with E-state index in [4.69, 9.17) is 0 Å².